The number of fused-ring (bicyclic) bond motifs is 13. The second-order valence-electron chi connectivity index (χ2n) is 16.1. The molecule has 0 aliphatic carbocycles. The Hall–Kier alpha value is -7.74. The molecule has 13 aromatic rings. The first-order valence-electron chi connectivity index (χ1n) is 20.4. The van der Waals surface area contributed by atoms with E-state index >= 15 is 0 Å². The van der Waals surface area contributed by atoms with Gasteiger partial charge in [-0.3, -0.25) is 0 Å². The van der Waals surface area contributed by atoms with Gasteiger partial charge in [0.25, 0.3) is 0 Å². The highest BCUT2D eigenvalue weighted by Crippen LogP contribution is 2.42. The van der Waals surface area contributed by atoms with Gasteiger partial charge < -0.3 is 4.42 Å². The number of hydrogen-bond donors (Lipinski definition) is 0. The summed E-state index contributed by atoms with van der Waals surface area (Å²) in [6.45, 7) is 0. The van der Waals surface area contributed by atoms with Crippen molar-refractivity contribution in [1.82, 2.24) is 0 Å². The van der Waals surface area contributed by atoms with E-state index in [1.807, 2.05) is 0 Å². The third-order valence-electron chi connectivity index (χ3n) is 12.7. The molecular weight excluding hydrogens is 713 g/mol. The van der Waals surface area contributed by atoms with Crippen LogP contribution < -0.4 is 0 Å². The molecule has 0 radical (unpaired) electrons. The van der Waals surface area contributed by atoms with Gasteiger partial charge in [0.2, 0.25) is 0 Å². The zero-order valence-corrected chi connectivity index (χ0v) is 32.0. The van der Waals surface area contributed by atoms with Crippen molar-refractivity contribution in [2.24, 2.45) is 0 Å². The number of furan rings is 1. The van der Waals surface area contributed by atoms with Crippen molar-refractivity contribution in [3.05, 3.63) is 206 Å². The fourth-order valence-corrected chi connectivity index (χ4v) is 9.69. The minimum atomic E-state index is 0.921. The van der Waals surface area contributed by atoms with E-state index in [4.69, 9.17) is 4.42 Å². The maximum atomic E-state index is 6.56. The minimum Gasteiger partial charge on any atom is -0.456 e. The molecule has 0 spiro atoms. The van der Waals surface area contributed by atoms with E-state index in [1.165, 1.54) is 109 Å². The van der Waals surface area contributed by atoms with Crippen LogP contribution in [-0.2, 0) is 0 Å². The van der Waals surface area contributed by atoms with E-state index < -0.39 is 0 Å². The minimum absolute atomic E-state index is 0.921. The highest BCUT2D eigenvalue weighted by Gasteiger charge is 2.16. The van der Waals surface area contributed by atoms with Gasteiger partial charge in [-0.15, -0.1) is 0 Å². The first-order valence-corrected chi connectivity index (χ1v) is 20.4. The number of benzene rings is 12. The monoisotopic (exact) mass is 746 g/mol. The summed E-state index contributed by atoms with van der Waals surface area (Å²) >= 11 is 0. The molecule has 0 unspecified atom stereocenters. The summed E-state index contributed by atoms with van der Waals surface area (Å²) in [6, 6.07) is 76.1. The molecule has 272 valence electrons. The lowest BCUT2D eigenvalue weighted by atomic mass is 9.90. The quantitative estimate of drug-likeness (QED) is 0.130. The van der Waals surface area contributed by atoms with Gasteiger partial charge in [0, 0.05) is 10.8 Å². The molecular formula is C58H34O. The third kappa shape index (κ3) is 5.12. The molecule has 1 aromatic heterocycles. The molecule has 1 heterocycles. The summed E-state index contributed by atoms with van der Waals surface area (Å²) in [7, 11) is 0. The molecule has 0 aliphatic heterocycles. The highest BCUT2D eigenvalue weighted by atomic mass is 16.3. The van der Waals surface area contributed by atoms with Crippen molar-refractivity contribution in [1.29, 1.82) is 0 Å². The average molecular weight is 747 g/mol. The molecule has 0 atom stereocenters. The molecule has 1 heteroatoms. The topological polar surface area (TPSA) is 13.1 Å². The lowest BCUT2D eigenvalue weighted by Crippen LogP contribution is -1.86. The van der Waals surface area contributed by atoms with Gasteiger partial charge in [-0.05, 0) is 176 Å². The van der Waals surface area contributed by atoms with Gasteiger partial charge in [0.1, 0.15) is 11.2 Å². The lowest BCUT2D eigenvalue weighted by molar-refractivity contribution is 0.670. The zero-order chi connectivity index (χ0) is 38.6. The molecule has 0 bridgehead atoms. The Morgan fingerprint density at radius 1 is 0.186 bits per heavy atom. The van der Waals surface area contributed by atoms with Gasteiger partial charge in [-0.25, -0.2) is 0 Å². The standard InChI is InChI=1S/C58H34O/c1-2-9-37-26-48-29-44(20-21-45(48)25-36(37)8-1)43-19-17-35-16-18-42(27-47(35)28-43)38-12-7-13-39(24-38)46-22-23-51-52(30-46)49-14-5-6-15-50(49)53-33-56-55-31-40-10-3-4-11-41(40)32-57(55)59-58(56)34-54(51)53/h1-34H. The van der Waals surface area contributed by atoms with Crippen LogP contribution in [-0.4, -0.2) is 0 Å². The van der Waals surface area contributed by atoms with Crippen LogP contribution in [0.3, 0.4) is 0 Å². The molecule has 0 saturated carbocycles. The first-order chi connectivity index (χ1) is 29.2. The Labute approximate surface area is 340 Å². The SMILES string of the molecule is c1cc(-c2ccc3ccc(-c4ccc5cc6ccccc6cc5c4)cc3c2)cc(-c2ccc3c(c2)c2ccccc2c2cc4c(cc32)oc2cc3ccccc3cc24)c1. The lowest BCUT2D eigenvalue weighted by Gasteiger charge is -2.13. The van der Waals surface area contributed by atoms with Crippen LogP contribution in [0.1, 0.15) is 0 Å². The van der Waals surface area contributed by atoms with Crippen molar-refractivity contribution in [3.8, 4) is 33.4 Å². The predicted octanol–water partition coefficient (Wildman–Crippen LogP) is 16.7. The maximum absolute atomic E-state index is 6.56. The average Bonchev–Trinajstić information content (AvgIpc) is 3.65. The third-order valence-corrected chi connectivity index (χ3v) is 12.7. The predicted molar refractivity (Wildman–Crippen MR) is 253 cm³/mol. The van der Waals surface area contributed by atoms with Crippen LogP contribution in [0.4, 0.5) is 0 Å². The Morgan fingerprint density at radius 2 is 0.610 bits per heavy atom. The smallest absolute Gasteiger partial charge is 0.136 e. The summed E-state index contributed by atoms with van der Waals surface area (Å²) in [4.78, 5) is 0. The van der Waals surface area contributed by atoms with Gasteiger partial charge in [0.15, 0.2) is 0 Å². The van der Waals surface area contributed by atoms with Crippen LogP contribution in [0.15, 0.2) is 211 Å². The van der Waals surface area contributed by atoms with E-state index in [-0.39, 0.29) is 0 Å². The summed E-state index contributed by atoms with van der Waals surface area (Å²) in [5.41, 5.74) is 9.12. The fourth-order valence-electron chi connectivity index (χ4n) is 9.69. The van der Waals surface area contributed by atoms with Crippen LogP contribution in [0.5, 0.6) is 0 Å². The van der Waals surface area contributed by atoms with Crippen molar-refractivity contribution in [3.63, 3.8) is 0 Å². The molecule has 0 aliphatic rings. The van der Waals surface area contributed by atoms with E-state index in [1.54, 1.807) is 0 Å². The molecule has 0 fully saturated rings. The molecule has 0 amide bonds. The fraction of sp³-hybridized carbons (Fsp3) is 0. The van der Waals surface area contributed by atoms with Crippen molar-refractivity contribution in [2.45, 2.75) is 0 Å². The molecule has 59 heavy (non-hydrogen) atoms. The first kappa shape index (κ1) is 32.4. The normalized spacial score (nSPS) is 12.1. The maximum Gasteiger partial charge on any atom is 0.136 e. The summed E-state index contributed by atoms with van der Waals surface area (Å²) in [5.74, 6) is 0. The zero-order valence-electron chi connectivity index (χ0n) is 32.0. The van der Waals surface area contributed by atoms with Crippen molar-refractivity contribution >= 4 is 97.3 Å². The molecule has 1 nitrogen and oxygen atoms in total. The van der Waals surface area contributed by atoms with Crippen LogP contribution in [0, 0.1) is 0 Å². The number of rotatable bonds is 3. The van der Waals surface area contributed by atoms with Crippen molar-refractivity contribution < 1.29 is 4.42 Å². The molecule has 13 rings (SSSR count). The van der Waals surface area contributed by atoms with Gasteiger partial charge in [-0.1, -0.05) is 140 Å². The van der Waals surface area contributed by atoms with Gasteiger partial charge in [-0.2, -0.15) is 0 Å². The van der Waals surface area contributed by atoms with E-state index in [9.17, 15) is 0 Å². The molecule has 12 aromatic carbocycles. The second-order valence-corrected chi connectivity index (χ2v) is 16.1. The number of hydrogen-bond acceptors (Lipinski definition) is 1. The Kier molecular flexibility index (Phi) is 6.79. The van der Waals surface area contributed by atoms with E-state index in [0.717, 1.165) is 21.9 Å². The van der Waals surface area contributed by atoms with E-state index in [0.29, 0.717) is 0 Å². The highest BCUT2D eigenvalue weighted by molar-refractivity contribution is 6.29. The van der Waals surface area contributed by atoms with Crippen LogP contribution >= 0.6 is 0 Å². The van der Waals surface area contributed by atoms with Gasteiger partial charge >= 0.3 is 0 Å². The van der Waals surface area contributed by atoms with Crippen LogP contribution in [0.2, 0.25) is 0 Å². The summed E-state index contributed by atoms with van der Waals surface area (Å²) in [5, 5.41) is 19.7. The van der Waals surface area contributed by atoms with Crippen molar-refractivity contribution in [2.75, 3.05) is 0 Å². The molecule has 0 saturated heterocycles. The largest absolute Gasteiger partial charge is 0.456 e. The Bertz CT molecular complexity index is 3900. The Balaban J connectivity index is 0.902. The summed E-state index contributed by atoms with van der Waals surface area (Å²) < 4.78 is 6.56. The molecule has 0 N–H and O–H groups in total. The van der Waals surface area contributed by atoms with Crippen LogP contribution in [0.25, 0.3) is 131 Å². The van der Waals surface area contributed by atoms with Gasteiger partial charge in [0.05, 0.1) is 0 Å². The Morgan fingerprint density at radius 3 is 1.29 bits per heavy atom. The summed E-state index contributed by atoms with van der Waals surface area (Å²) in [6.07, 6.45) is 0. The second kappa shape index (κ2) is 12.4. The van der Waals surface area contributed by atoms with E-state index in [2.05, 4.69) is 206 Å².